The van der Waals surface area contributed by atoms with Gasteiger partial charge in [-0.2, -0.15) is 0 Å². The molecule has 1 aliphatic heterocycles. The lowest BCUT2D eigenvalue weighted by Crippen LogP contribution is -2.42. The van der Waals surface area contributed by atoms with Gasteiger partial charge in [0.25, 0.3) is 0 Å². The van der Waals surface area contributed by atoms with Gasteiger partial charge >= 0.3 is 12.0 Å². The molecule has 0 spiro atoms. The number of aromatic nitrogens is 1. The number of amides is 2. The second-order valence-electron chi connectivity index (χ2n) is 4.71. The third-order valence-electron chi connectivity index (χ3n) is 3.27. The molecule has 1 saturated heterocycles. The predicted octanol–water partition coefficient (Wildman–Crippen LogP) is 1.78. The summed E-state index contributed by atoms with van der Waals surface area (Å²) in [6.07, 6.45) is 1.23. The van der Waals surface area contributed by atoms with Gasteiger partial charge in [-0.25, -0.2) is 9.59 Å². The summed E-state index contributed by atoms with van der Waals surface area (Å²) < 4.78 is 0. The second-order valence-corrected chi connectivity index (χ2v) is 4.71. The van der Waals surface area contributed by atoms with Gasteiger partial charge in [0, 0.05) is 12.2 Å². The van der Waals surface area contributed by atoms with Crippen LogP contribution < -0.4 is 5.32 Å². The number of rotatable bonds is 2. The van der Waals surface area contributed by atoms with Gasteiger partial charge < -0.3 is 15.3 Å². The van der Waals surface area contributed by atoms with E-state index in [1.165, 1.54) is 4.90 Å². The SMILES string of the molecule is Cc1ccc(NC(=O)N2CCC[C@@H]2C(=O)O)c(C)n1. The number of urea groups is 1. The van der Waals surface area contributed by atoms with E-state index in [0.717, 1.165) is 17.8 Å². The van der Waals surface area contributed by atoms with Crippen LogP contribution in [0.2, 0.25) is 0 Å². The summed E-state index contributed by atoms with van der Waals surface area (Å²) in [5, 5.41) is 11.8. The maximum atomic E-state index is 12.1. The van der Waals surface area contributed by atoms with Crippen molar-refractivity contribution in [2.45, 2.75) is 32.7 Å². The van der Waals surface area contributed by atoms with Crippen molar-refractivity contribution in [3.63, 3.8) is 0 Å². The maximum absolute atomic E-state index is 12.1. The first-order valence-corrected chi connectivity index (χ1v) is 6.23. The normalized spacial score (nSPS) is 18.4. The van der Waals surface area contributed by atoms with Crippen LogP contribution in [0.25, 0.3) is 0 Å². The van der Waals surface area contributed by atoms with Crippen LogP contribution in [-0.2, 0) is 4.79 Å². The molecule has 0 unspecified atom stereocenters. The van der Waals surface area contributed by atoms with Gasteiger partial charge in [0.05, 0.1) is 11.4 Å². The van der Waals surface area contributed by atoms with E-state index in [1.807, 2.05) is 6.92 Å². The number of carbonyl (C=O) groups is 2. The molecule has 102 valence electrons. The average molecular weight is 263 g/mol. The lowest BCUT2D eigenvalue weighted by Gasteiger charge is -2.22. The minimum Gasteiger partial charge on any atom is -0.480 e. The van der Waals surface area contributed by atoms with Crippen molar-refractivity contribution in [2.75, 3.05) is 11.9 Å². The van der Waals surface area contributed by atoms with E-state index in [0.29, 0.717) is 18.7 Å². The summed E-state index contributed by atoms with van der Waals surface area (Å²) in [6.45, 7) is 4.15. The Balaban J connectivity index is 2.10. The summed E-state index contributed by atoms with van der Waals surface area (Å²) in [6, 6.07) is 2.49. The van der Waals surface area contributed by atoms with Gasteiger partial charge in [0.1, 0.15) is 6.04 Å². The van der Waals surface area contributed by atoms with E-state index < -0.39 is 12.0 Å². The number of hydrogen-bond donors (Lipinski definition) is 2. The fraction of sp³-hybridized carbons (Fsp3) is 0.462. The summed E-state index contributed by atoms with van der Waals surface area (Å²) in [5.74, 6) is -0.952. The number of carbonyl (C=O) groups excluding carboxylic acids is 1. The van der Waals surface area contributed by atoms with Crippen molar-refractivity contribution in [3.05, 3.63) is 23.5 Å². The number of aliphatic carboxylic acids is 1. The Hall–Kier alpha value is -2.11. The quantitative estimate of drug-likeness (QED) is 0.852. The molecule has 6 heteroatoms. The zero-order valence-corrected chi connectivity index (χ0v) is 11.0. The molecule has 2 heterocycles. The van der Waals surface area contributed by atoms with Crippen molar-refractivity contribution in [2.24, 2.45) is 0 Å². The Morgan fingerprint density at radius 2 is 2.16 bits per heavy atom. The topological polar surface area (TPSA) is 82.5 Å². The number of aryl methyl sites for hydroxylation is 2. The third-order valence-corrected chi connectivity index (χ3v) is 3.27. The van der Waals surface area contributed by atoms with Gasteiger partial charge in [-0.3, -0.25) is 4.98 Å². The Labute approximate surface area is 111 Å². The molecular formula is C13H17N3O3. The highest BCUT2D eigenvalue weighted by atomic mass is 16.4. The van der Waals surface area contributed by atoms with E-state index in [9.17, 15) is 9.59 Å². The highest BCUT2D eigenvalue weighted by Crippen LogP contribution is 2.20. The fourth-order valence-corrected chi connectivity index (χ4v) is 2.27. The van der Waals surface area contributed by atoms with Crippen LogP contribution in [0.1, 0.15) is 24.2 Å². The van der Waals surface area contributed by atoms with Crippen molar-refractivity contribution in [3.8, 4) is 0 Å². The van der Waals surface area contributed by atoms with E-state index >= 15 is 0 Å². The van der Waals surface area contributed by atoms with E-state index in [4.69, 9.17) is 5.11 Å². The van der Waals surface area contributed by atoms with Crippen LogP contribution in [0.3, 0.4) is 0 Å². The average Bonchev–Trinajstić information content (AvgIpc) is 2.82. The van der Waals surface area contributed by atoms with Crippen molar-refractivity contribution in [1.82, 2.24) is 9.88 Å². The van der Waals surface area contributed by atoms with Gasteiger partial charge in [0.2, 0.25) is 0 Å². The molecule has 6 nitrogen and oxygen atoms in total. The second kappa shape index (κ2) is 5.26. The molecule has 0 saturated carbocycles. The molecule has 1 atom stereocenters. The number of pyridine rings is 1. The van der Waals surface area contributed by atoms with E-state index in [2.05, 4.69) is 10.3 Å². The van der Waals surface area contributed by atoms with E-state index in [-0.39, 0.29) is 6.03 Å². The Kier molecular flexibility index (Phi) is 3.69. The summed E-state index contributed by atoms with van der Waals surface area (Å²) in [7, 11) is 0. The molecule has 0 bridgehead atoms. The first-order valence-electron chi connectivity index (χ1n) is 6.23. The molecular weight excluding hydrogens is 246 g/mol. The number of nitrogens with zero attached hydrogens (tertiary/aromatic N) is 2. The minimum absolute atomic E-state index is 0.376. The molecule has 2 N–H and O–H groups in total. The molecule has 0 aromatic carbocycles. The summed E-state index contributed by atoms with van der Waals surface area (Å²) in [5.41, 5.74) is 2.21. The molecule has 1 aliphatic rings. The Bertz CT molecular complexity index is 516. The van der Waals surface area contributed by atoms with Crippen LogP contribution in [0, 0.1) is 13.8 Å². The van der Waals surface area contributed by atoms with Crippen LogP contribution >= 0.6 is 0 Å². The third kappa shape index (κ3) is 2.83. The summed E-state index contributed by atoms with van der Waals surface area (Å²) >= 11 is 0. The number of nitrogens with one attached hydrogen (secondary N) is 1. The summed E-state index contributed by atoms with van der Waals surface area (Å²) in [4.78, 5) is 28.8. The fourth-order valence-electron chi connectivity index (χ4n) is 2.27. The molecule has 1 aromatic heterocycles. The number of hydrogen-bond acceptors (Lipinski definition) is 3. The number of likely N-dealkylation sites (tertiary alicyclic amines) is 1. The highest BCUT2D eigenvalue weighted by Gasteiger charge is 2.34. The van der Waals surface area contributed by atoms with Crippen LogP contribution in [0.5, 0.6) is 0 Å². The number of carboxylic acids is 1. The van der Waals surface area contributed by atoms with Crippen LogP contribution in [-0.4, -0.2) is 39.6 Å². The highest BCUT2D eigenvalue weighted by molar-refractivity contribution is 5.93. The molecule has 1 aromatic rings. The molecule has 19 heavy (non-hydrogen) atoms. The van der Waals surface area contributed by atoms with Crippen molar-refractivity contribution in [1.29, 1.82) is 0 Å². The molecule has 0 aliphatic carbocycles. The Morgan fingerprint density at radius 3 is 2.79 bits per heavy atom. The molecule has 1 fully saturated rings. The zero-order valence-electron chi connectivity index (χ0n) is 11.0. The lowest BCUT2D eigenvalue weighted by atomic mass is 10.2. The predicted molar refractivity (Wildman–Crippen MR) is 70.1 cm³/mol. The van der Waals surface area contributed by atoms with Gasteiger partial charge in [-0.15, -0.1) is 0 Å². The van der Waals surface area contributed by atoms with Crippen molar-refractivity contribution >= 4 is 17.7 Å². The largest absolute Gasteiger partial charge is 0.480 e. The minimum atomic E-state index is -0.952. The van der Waals surface area contributed by atoms with Gasteiger partial charge in [-0.05, 0) is 38.8 Å². The monoisotopic (exact) mass is 263 g/mol. The smallest absolute Gasteiger partial charge is 0.326 e. The number of carboxylic acid groups (broad SMARTS) is 1. The molecule has 2 amide bonds. The van der Waals surface area contributed by atoms with Gasteiger partial charge in [-0.1, -0.05) is 0 Å². The first-order chi connectivity index (χ1) is 8.99. The standard InChI is InChI=1S/C13H17N3O3/c1-8-5-6-10(9(2)14-8)15-13(19)16-7-3-4-11(16)12(17)18/h5-6,11H,3-4,7H2,1-2H3,(H,15,19)(H,17,18)/t11-/m1/s1. The van der Waals surface area contributed by atoms with Crippen LogP contribution in [0.4, 0.5) is 10.5 Å². The Morgan fingerprint density at radius 1 is 1.42 bits per heavy atom. The number of anilines is 1. The van der Waals surface area contributed by atoms with E-state index in [1.54, 1.807) is 19.1 Å². The van der Waals surface area contributed by atoms with Gasteiger partial charge in [0.15, 0.2) is 0 Å². The van der Waals surface area contributed by atoms with Crippen molar-refractivity contribution < 1.29 is 14.7 Å². The lowest BCUT2D eigenvalue weighted by molar-refractivity contribution is -0.141. The molecule has 0 radical (unpaired) electrons. The molecule has 2 rings (SSSR count). The zero-order chi connectivity index (χ0) is 14.0. The maximum Gasteiger partial charge on any atom is 0.326 e. The first kappa shape index (κ1) is 13.3. The van der Waals surface area contributed by atoms with Crippen LogP contribution in [0.15, 0.2) is 12.1 Å².